The van der Waals surface area contributed by atoms with Crippen LogP contribution in [0.4, 0.5) is 0 Å². The highest BCUT2D eigenvalue weighted by Crippen LogP contribution is 2.46. The Morgan fingerprint density at radius 2 is 1.68 bits per heavy atom. The standard InChI is InChI=1S/C40H52/c1-25-17-28(4)36(23-32-14-11-10-13-26(32)2)39(18-25)35-16-12-15-33-20-31(22-38(33)35)21-37-29(5)27(3)19-34(30(37)6)24-40(7,8)9/h12,15-20,26,32,34,37H,5-6,10-11,13-14,21-24H2,1-4,7-9H3/t26-,32-,34?,37?/m0/s1. The number of benzene rings is 2. The summed E-state index contributed by atoms with van der Waals surface area (Å²) in [6.07, 6.45) is 14.9. The van der Waals surface area contributed by atoms with Crippen molar-refractivity contribution in [1.29, 1.82) is 0 Å². The van der Waals surface area contributed by atoms with Crippen LogP contribution in [-0.4, -0.2) is 0 Å². The molecule has 2 unspecified atom stereocenters. The zero-order chi connectivity index (χ0) is 28.8. The molecular weight excluding hydrogens is 480 g/mol. The van der Waals surface area contributed by atoms with Gasteiger partial charge in [-0.15, -0.1) is 0 Å². The predicted octanol–water partition coefficient (Wildman–Crippen LogP) is 11.4. The smallest absolute Gasteiger partial charge is 0.00854 e. The van der Waals surface area contributed by atoms with Crippen LogP contribution in [0.3, 0.4) is 0 Å². The molecule has 4 atom stereocenters. The third-order valence-electron chi connectivity index (χ3n) is 10.2. The molecule has 40 heavy (non-hydrogen) atoms. The Balaban J connectivity index is 1.43. The zero-order valence-corrected chi connectivity index (χ0v) is 26.4. The van der Waals surface area contributed by atoms with Gasteiger partial charge in [-0.2, -0.15) is 0 Å². The molecule has 0 amide bonds. The number of hydrogen-bond acceptors (Lipinski definition) is 0. The monoisotopic (exact) mass is 532 g/mol. The lowest BCUT2D eigenvalue weighted by Crippen LogP contribution is -2.23. The SMILES string of the molecule is C=C1C(C)=CC(CC(C)(C)C)C(=C)C1CC1=Cc2cccc(-c3cc(C)cc(C)c3C[C@@H]3CCCC[C@@H]3C)c2C1. The van der Waals surface area contributed by atoms with Crippen LogP contribution in [0, 0.1) is 42.9 Å². The minimum absolute atomic E-state index is 0.282. The van der Waals surface area contributed by atoms with Crippen molar-refractivity contribution in [3.05, 3.63) is 99.7 Å². The zero-order valence-electron chi connectivity index (χ0n) is 26.4. The topological polar surface area (TPSA) is 0 Å². The highest BCUT2D eigenvalue weighted by atomic mass is 14.4. The molecule has 212 valence electrons. The molecule has 0 saturated heterocycles. The number of allylic oxidation sites excluding steroid dienone is 5. The van der Waals surface area contributed by atoms with Gasteiger partial charge >= 0.3 is 0 Å². The third kappa shape index (κ3) is 6.02. The molecule has 0 heterocycles. The van der Waals surface area contributed by atoms with Crippen molar-refractivity contribution < 1.29 is 0 Å². The van der Waals surface area contributed by atoms with Gasteiger partial charge in [-0.05, 0) is 115 Å². The summed E-state index contributed by atoms with van der Waals surface area (Å²) in [5.41, 5.74) is 16.1. The molecule has 3 aliphatic carbocycles. The fourth-order valence-corrected chi connectivity index (χ4v) is 7.93. The first-order valence-electron chi connectivity index (χ1n) is 15.9. The van der Waals surface area contributed by atoms with E-state index in [9.17, 15) is 0 Å². The van der Waals surface area contributed by atoms with E-state index in [1.54, 1.807) is 5.56 Å². The molecule has 5 rings (SSSR count). The van der Waals surface area contributed by atoms with Gasteiger partial charge < -0.3 is 0 Å². The molecule has 1 fully saturated rings. The largest absolute Gasteiger partial charge is 0.0986 e. The molecule has 0 N–H and O–H groups in total. The van der Waals surface area contributed by atoms with Gasteiger partial charge in [-0.1, -0.05) is 125 Å². The van der Waals surface area contributed by atoms with Crippen LogP contribution in [0.25, 0.3) is 17.2 Å². The third-order valence-corrected chi connectivity index (χ3v) is 10.2. The second kappa shape index (κ2) is 11.3. The molecule has 1 saturated carbocycles. The maximum atomic E-state index is 4.66. The van der Waals surface area contributed by atoms with Gasteiger partial charge in [0, 0.05) is 5.92 Å². The number of fused-ring (bicyclic) bond motifs is 1. The van der Waals surface area contributed by atoms with Crippen molar-refractivity contribution in [2.75, 3.05) is 0 Å². The van der Waals surface area contributed by atoms with Crippen LogP contribution >= 0.6 is 0 Å². The Bertz CT molecular complexity index is 1370. The normalized spacial score (nSPS) is 25.1. The summed E-state index contributed by atoms with van der Waals surface area (Å²) in [4.78, 5) is 0. The molecular formula is C40H52. The van der Waals surface area contributed by atoms with Gasteiger partial charge in [0.2, 0.25) is 0 Å². The highest BCUT2D eigenvalue weighted by Gasteiger charge is 2.32. The van der Waals surface area contributed by atoms with E-state index in [1.165, 1.54) is 87.8 Å². The molecule has 0 nitrogen and oxygen atoms in total. The molecule has 0 bridgehead atoms. The first-order valence-corrected chi connectivity index (χ1v) is 15.9. The minimum Gasteiger partial charge on any atom is -0.0986 e. The average Bonchev–Trinajstić information content (AvgIpc) is 3.30. The van der Waals surface area contributed by atoms with Crippen molar-refractivity contribution >= 4 is 6.08 Å². The highest BCUT2D eigenvalue weighted by molar-refractivity contribution is 5.80. The number of hydrogen-bond donors (Lipinski definition) is 0. The molecule has 2 aromatic rings. The molecule has 0 aliphatic heterocycles. The van der Waals surface area contributed by atoms with Crippen molar-refractivity contribution in [3.8, 4) is 11.1 Å². The van der Waals surface area contributed by atoms with E-state index >= 15 is 0 Å². The molecule has 0 heteroatoms. The molecule has 0 radical (unpaired) electrons. The van der Waals surface area contributed by atoms with Gasteiger partial charge in [-0.25, -0.2) is 0 Å². The Labute approximate surface area is 245 Å². The summed E-state index contributed by atoms with van der Waals surface area (Å²) in [5.74, 6) is 2.41. The number of rotatable bonds is 6. The summed E-state index contributed by atoms with van der Waals surface area (Å²) < 4.78 is 0. The van der Waals surface area contributed by atoms with Crippen LogP contribution in [0.5, 0.6) is 0 Å². The van der Waals surface area contributed by atoms with Crippen LogP contribution in [0.1, 0.15) is 101 Å². The van der Waals surface area contributed by atoms with Crippen molar-refractivity contribution in [2.24, 2.45) is 29.1 Å². The summed E-state index contributed by atoms with van der Waals surface area (Å²) in [6.45, 7) is 25.6. The van der Waals surface area contributed by atoms with Gasteiger partial charge in [-0.3, -0.25) is 0 Å². The van der Waals surface area contributed by atoms with Gasteiger partial charge in [0.05, 0.1) is 0 Å². The van der Waals surface area contributed by atoms with Crippen LogP contribution < -0.4 is 0 Å². The molecule has 3 aliphatic rings. The van der Waals surface area contributed by atoms with E-state index in [-0.39, 0.29) is 5.41 Å². The van der Waals surface area contributed by atoms with Crippen LogP contribution in [0.15, 0.2) is 71.9 Å². The Morgan fingerprint density at radius 1 is 0.925 bits per heavy atom. The predicted molar refractivity (Wildman–Crippen MR) is 176 cm³/mol. The quantitative estimate of drug-likeness (QED) is 0.325. The fraction of sp³-hybridized carbons (Fsp3) is 0.500. The fourth-order valence-electron chi connectivity index (χ4n) is 7.93. The molecule has 2 aromatic carbocycles. The van der Waals surface area contributed by atoms with Gasteiger partial charge in [0.15, 0.2) is 0 Å². The Kier molecular flexibility index (Phi) is 8.20. The Morgan fingerprint density at radius 3 is 2.40 bits per heavy atom. The maximum absolute atomic E-state index is 4.66. The van der Waals surface area contributed by atoms with Crippen molar-refractivity contribution in [1.82, 2.24) is 0 Å². The first kappa shape index (κ1) is 28.9. The second-order valence-corrected chi connectivity index (χ2v) is 14.8. The summed E-state index contributed by atoms with van der Waals surface area (Å²) >= 11 is 0. The Hall–Kier alpha value is -2.60. The summed E-state index contributed by atoms with van der Waals surface area (Å²) in [5, 5.41) is 0. The van der Waals surface area contributed by atoms with E-state index in [4.69, 9.17) is 0 Å². The lowest BCUT2D eigenvalue weighted by Gasteiger charge is -2.36. The number of aryl methyl sites for hydroxylation is 2. The molecule has 0 aromatic heterocycles. The summed E-state index contributed by atoms with van der Waals surface area (Å²) in [7, 11) is 0. The molecule has 0 spiro atoms. The van der Waals surface area contributed by atoms with E-state index in [0.717, 1.165) is 31.1 Å². The minimum atomic E-state index is 0.282. The van der Waals surface area contributed by atoms with Crippen molar-refractivity contribution in [3.63, 3.8) is 0 Å². The van der Waals surface area contributed by atoms with Gasteiger partial charge in [0.1, 0.15) is 0 Å². The average molecular weight is 533 g/mol. The van der Waals surface area contributed by atoms with E-state index < -0.39 is 0 Å². The lowest BCUT2D eigenvalue weighted by atomic mass is 9.69. The lowest BCUT2D eigenvalue weighted by molar-refractivity contribution is 0.254. The van der Waals surface area contributed by atoms with E-state index in [1.807, 2.05) is 0 Å². The maximum Gasteiger partial charge on any atom is 0.00854 e. The van der Waals surface area contributed by atoms with E-state index in [2.05, 4.69) is 104 Å². The first-order chi connectivity index (χ1) is 18.9. The van der Waals surface area contributed by atoms with Gasteiger partial charge in [0.25, 0.3) is 0 Å². The van der Waals surface area contributed by atoms with Crippen molar-refractivity contribution in [2.45, 2.75) is 99.8 Å². The van der Waals surface area contributed by atoms with E-state index in [0.29, 0.717) is 11.8 Å². The van der Waals surface area contributed by atoms with Crippen LogP contribution in [-0.2, 0) is 12.8 Å². The van der Waals surface area contributed by atoms with Crippen LogP contribution in [0.2, 0.25) is 0 Å². The second-order valence-electron chi connectivity index (χ2n) is 14.8. The summed E-state index contributed by atoms with van der Waals surface area (Å²) in [6, 6.07) is 11.9.